The van der Waals surface area contributed by atoms with Gasteiger partial charge in [0.05, 0.1) is 16.9 Å². The zero-order valence-electron chi connectivity index (χ0n) is 14.1. The third kappa shape index (κ3) is 2.17. The largest absolute Gasteiger partial charge is 0.334 e. The highest BCUT2D eigenvalue weighted by Crippen LogP contribution is 2.38. The third-order valence-corrected chi connectivity index (χ3v) is 5.62. The molecule has 1 aromatic carbocycles. The van der Waals surface area contributed by atoms with Gasteiger partial charge in [-0.05, 0) is 56.4 Å². The minimum Gasteiger partial charge on any atom is -0.334 e. The van der Waals surface area contributed by atoms with Crippen LogP contribution in [0, 0.1) is 12.8 Å². The maximum absolute atomic E-state index is 13.0. The molecular formula is C19H19N5O. The number of piperidine rings is 1. The molecule has 25 heavy (non-hydrogen) atoms. The second-order valence-electron chi connectivity index (χ2n) is 7.07. The third-order valence-electron chi connectivity index (χ3n) is 5.62. The monoisotopic (exact) mass is 333 g/mol. The topological polar surface area (TPSA) is 63.9 Å². The van der Waals surface area contributed by atoms with Crippen molar-refractivity contribution in [2.24, 2.45) is 5.92 Å². The Bertz CT molecular complexity index is 974. The fraction of sp³-hybridized carbons (Fsp3) is 0.368. The van der Waals surface area contributed by atoms with Crippen molar-refractivity contribution in [3.8, 4) is 5.69 Å². The highest BCUT2D eigenvalue weighted by atomic mass is 16.2. The lowest BCUT2D eigenvalue weighted by Crippen LogP contribution is -2.38. The number of pyridine rings is 1. The van der Waals surface area contributed by atoms with E-state index in [1.54, 1.807) is 10.9 Å². The van der Waals surface area contributed by atoms with Gasteiger partial charge in [-0.2, -0.15) is 0 Å². The zero-order chi connectivity index (χ0) is 17.0. The van der Waals surface area contributed by atoms with E-state index in [0.29, 0.717) is 17.7 Å². The molecule has 1 amide bonds. The van der Waals surface area contributed by atoms with Gasteiger partial charge in [0.15, 0.2) is 5.69 Å². The number of carbonyl (C=O) groups excluding carboxylic acids is 1. The molecule has 0 unspecified atom stereocenters. The number of hydrogen-bond donors (Lipinski definition) is 0. The number of likely N-dealkylation sites (tertiary alicyclic amines) is 1. The van der Waals surface area contributed by atoms with Crippen LogP contribution >= 0.6 is 0 Å². The summed E-state index contributed by atoms with van der Waals surface area (Å²) in [5.41, 5.74) is 3.05. The van der Waals surface area contributed by atoms with Crippen molar-refractivity contribution in [2.45, 2.75) is 32.2 Å². The number of fused-ring (bicyclic) bond motifs is 3. The second-order valence-corrected chi connectivity index (χ2v) is 7.07. The Labute approximate surface area is 145 Å². The van der Waals surface area contributed by atoms with Crippen LogP contribution in [0.3, 0.4) is 0 Å². The van der Waals surface area contributed by atoms with Crippen LogP contribution in [0.25, 0.3) is 16.6 Å². The van der Waals surface area contributed by atoms with Crippen LogP contribution in [0.15, 0.2) is 36.5 Å². The molecule has 2 bridgehead atoms. The van der Waals surface area contributed by atoms with E-state index >= 15 is 0 Å². The Balaban J connectivity index is 1.55. The molecule has 1 saturated heterocycles. The minimum atomic E-state index is 0.0225. The molecule has 2 fully saturated rings. The predicted octanol–water partition coefficient (Wildman–Crippen LogP) is 2.75. The van der Waals surface area contributed by atoms with Crippen LogP contribution in [-0.4, -0.2) is 43.4 Å². The Hall–Kier alpha value is -2.76. The highest BCUT2D eigenvalue weighted by Gasteiger charge is 2.41. The summed E-state index contributed by atoms with van der Waals surface area (Å²) in [6.45, 7) is 2.78. The van der Waals surface area contributed by atoms with Crippen LogP contribution in [0.4, 0.5) is 0 Å². The quantitative estimate of drug-likeness (QED) is 0.723. The number of carbonyl (C=O) groups is 1. The first-order chi connectivity index (χ1) is 12.2. The van der Waals surface area contributed by atoms with Crippen molar-refractivity contribution in [1.82, 2.24) is 24.9 Å². The van der Waals surface area contributed by atoms with Crippen LogP contribution < -0.4 is 0 Å². The number of amides is 1. The molecule has 6 nitrogen and oxygen atoms in total. The van der Waals surface area contributed by atoms with Crippen molar-refractivity contribution >= 4 is 16.8 Å². The van der Waals surface area contributed by atoms with E-state index in [1.165, 1.54) is 6.42 Å². The average molecular weight is 333 g/mol. The summed E-state index contributed by atoms with van der Waals surface area (Å²) in [7, 11) is 0. The fourth-order valence-corrected chi connectivity index (χ4v) is 4.34. The molecule has 0 radical (unpaired) electrons. The number of nitrogens with zero attached hydrogens (tertiary/aromatic N) is 5. The minimum absolute atomic E-state index is 0.0225. The van der Waals surface area contributed by atoms with Crippen molar-refractivity contribution in [1.29, 1.82) is 0 Å². The molecule has 0 N–H and O–H groups in total. The van der Waals surface area contributed by atoms with Crippen molar-refractivity contribution in [3.05, 3.63) is 47.9 Å². The lowest BCUT2D eigenvalue weighted by Gasteiger charge is -2.26. The fourth-order valence-electron chi connectivity index (χ4n) is 4.34. The molecule has 3 heterocycles. The average Bonchev–Trinajstić information content (AvgIpc) is 3.36. The molecule has 1 aliphatic heterocycles. The van der Waals surface area contributed by atoms with Crippen LogP contribution in [0.2, 0.25) is 0 Å². The zero-order valence-corrected chi connectivity index (χ0v) is 14.1. The summed E-state index contributed by atoms with van der Waals surface area (Å²) < 4.78 is 1.76. The molecule has 1 saturated carbocycles. The molecule has 2 aromatic heterocycles. The number of hydrogen-bond acceptors (Lipinski definition) is 4. The first-order valence-electron chi connectivity index (χ1n) is 8.80. The van der Waals surface area contributed by atoms with E-state index in [2.05, 4.69) is 15.3 Å². The van der Waals surface area contributed by atoms with Crippen LogP contribution in [-0.2, 0) is 0 Å². The van der Waals surface area contributed by atoms with Gasteiger partial charge in [0.2, 0.25) is 0 Å². The lowest BCUT2D eigenvalue weighted by molar-refractivity contribution is 0.0696. The predicted molar refractivity (Wildman–Crippen MR) is 93.6 cm³/mol. The lowest BCUT2D eigenvalue weighted by atomic mass is 10.1. The summed E-state index contributed by atoms with van der Waals surface area (Å²) in [5.74, 6) is 0.697. The van der Waals surface area contributed by atoms with E-state index < -0.39 is 0 Å². The van der Waals surface area contributed by atoms with E-state index in [9.17, 15) is 4.79 Å². The van der Waals surface area contributed by atoms with Gasteiger partial charge in [-0.15, -0.1) is 5.10 Å². The van der Waals surface area contributed by atoms with Gasteiger partial charge < -0.3 is 4.90 Å². The van der Waals surface area contributed by atoms with E-state index in [4.69, 9.17) is 0 Å². The molecule has 2 aliphatic rings. The van der Waals surface area contributed by atoms with Gasteiger partial charge in [0.1, 0.15) is 0 Å². The molecule has 0 spiro atoms. The number of benzene rings is 1. The van der Waals surface area contributed by atoms with Gasteiger partial charge in [-0.25, -0.2) is 4.68 Å². The van der Waals surface area contributed by atoms with Crippen LogP contribution in [0.1, 0.15) is 35.4 Å². The number of rotatable bonds is 2. The van der Waals surface area contributed by atoms with Crippen molar-refractivity contribution < 1.29 is 4.79 Å². The molecule has 126 valence electrons. The van der Waals surface area contributed by atoms with E-state index in [0.717, 1.165) is 41.7 Å². The number of aromatic nitrogens is 4. The highest BCUT2D eigenvalue weighted by molar-refractivity contribution is 5.94. The van der Waals surface area contributed by atoms with Gasteiger partial charge in [-0.1, -0.05) is 11.3 Å². The molecular weight excluding hydrogens is 314 g/mol. The van der Waals surface area contributed by atoms with Gasteiger partial charge in [0.25, 0.3) is 5.91 Å². The molecule has 2 atom stereocenters. The first-order valence-corrected chi connectivity index (χ1v) is 8.80. The van der Waals surface area contributed by atoms with Crippen molar-refractivity contribution in [3.63, 3.8) is 0 Å². The summed E-state index contributed by atoms with van der Waals surface area (Å²) in [4.78, 5) is 19.4. The Morgan fingerprint density at radius 1 is 1.20 bits per heavy atom. The maximum atomic E-state index is 13.0. The van der Waals surface area contributed by atoms with E-state index in [-0.39, 0.29) is 5.91 Å². The van der Waals surface area contributed by atoms with Gasteiger partial charge in [-0.3, -0.25) is 9.78 Å². The van der Waals surface area contributed by atoms with Gasteiger partial charge in [0, 0.05) is 24.2 Å². The molecule has 6 heteroatoms. The van der Waals surface area contributed by atoms with Gasteiger partial charge >= 0.3 is 0 Å². The Morgan fingerprint density at radius 3 is 2.92 bits per heavy atom. The Kier molecular flexibility index (Phi) is 3.13. The molecule has 3 aromatic rings. The van der Waals surface area contributed by atoms with Crippen LogP contribution in [0.5, 0.6) is 0 Å². The summed E-state index contributed by atoms with van der Waals surface area (Å²) in [6.07, 6.45) is 5.30. The smallest absolute Gasteiger partial charge is 0.276 e. The van der Waals surface area contributed by atoms with E-state index in [1.807, 2.05) is 42.2 Å². The summed E-state index contributed by atoms with van der Waals surface area (Å²) in [5, 5.41) is 9.51. The second kappa shape index (κ2) is 5.37. The maximum Gasteiger partial charge on any atom is 0.276 e. The SMILES string of the molecule is Cc1c(C(=O)N2C[C@H]3CC[C@@H]2C3)nnn1-c1cccc2ncccc12. The summed E-state index contributed by atoms with van der Waals surface area (Å²) in [6, 6.07) is 10.2. The summed E-state index contributed by atoms with van der Waals surface area (Å²) >= 11 is 0. The molecule has 1 aliphatic carbocycles. The molecule has 5 rings (SSSR count). The standard InChI is InChI=1S/C19H19N5O/c1-12-18(19(25)23-11-13-7-8-14(23)10-13)21-22-24(12)17-6-2-5-16-15(17)4-3-9-20-16/h2-6,9,13-14H,7-8,10-11H2,1H3/t13-,14+/m0/s1. The van der Waals surface area contributed by atoms with Crippen molar-refractivity contribution in [2.75, 3.05) is 6.54 Å². The Morgan fingerprint density at radius 2 is 2.12 bits per heavy atom. The normalized spacial score (nSPS) is 22.0. The first kappa shape index (κ1) is 14.6.